The van der Waals surface area contributed by atoms with Crippen molar-refractivity contribution in [1.29, 1.82) is 0 Å². The van der Waals surface area contributed by atoms with Gasteiger partial charge in [0.25, 0.3) is 0 Å². The summed E-state index contributed by atoms with van der Waals surface area (Å²) < 4.78 is 0. The molecule has 0 spiro atoms. The summed E-state index contributed by atoms with van der Waals surface area (Å²) in [5, 5.41) is 3.59. The highest BCUT2D eigenvalue weighted by Gasteiger charge is 2.30. The molecule has 2 unspecified atom stereocenters. The van der Waals surface area contributed by atoms with Crippen molar-refractivity contribution in [2.24, 2.45) is 0 Å². The fourth-order valence-electron chi connectivity index (χ4n) is 2.52. The Kier molecular flexibility index (Phi) is 3.92. The number of fused-ring (bicyclic) bond motifs is 2. The molecule has 0 aromatic heterocycles. The largest absolute Gasteiger partial charge is 0.341 e. The summed E-state index contributed by atoms with van der Waals surface area (Å²) in [5.74, 6) is 1.30. The molecule has 2 aliphatic heterocycles. The first-order chi connectivity index (χ1) is 7.29. The van der Waals surface area contributed by atoms with Gasteiger partial charge in [0, 0.05) is 37.3 Å². The lowest BCUT2D eigenvalue weighted by Crippen LogP contribution is -2.39. The normalized spacial score (nSPS) is 30.3. The summed E-state index contributed by atoms with van der Waals surface area (Å²) >= 11 is 1.75. The van der Waals surface area contributed by atoms with Crippen LogP contribution in [0.25, 0.3) is 0 Å². The van der Waals surface area contributed by atoms with E-state index in [1.54, 1.807) is 11.8 Å². The number of likely N-dealkylation sites (tertiary alicyclic amines) is 1. The van der Waals surface area contributed by atoms with Crippen LogP contribution in [-0.4, -0.2) is 48.0 Å². The summed E-state index contributed by atoms with van der Waals surface area (Å²) in [5.41, 5.74) is 0. The Morgan fingerprint density at radius 3 is 3.00 bits per heavy atom. The maximum Gasteiger partial charge on any atom is 0.223 e. The maximum atomic E-state index is 11.9. The van der Waals surface area contributed by atoms with Crippen molar-refractivity contribution < 1.29 is 4.79 Å². The van der Waals surface area contributed by atoms with E-state index in [-0.39, 0.29) is 0 Å². The summed E-state index contributed by atoms with van der Waals surface area (Å²) in [4.78, 5) is 13.9. The smallest absolute Gasteiger partial charge is 0.223 e. The minimum absolute atomic E-state index is 0.346. The van der Waals surface area contributed by atoms with Gasteiger partial charge in [0.2, 0.25) is 5.91 Å². The minimum Gasteiger partial charge on any atom is -0.341 e. The molecule has 1 amide bonds. The quantitative estimate of drug-likeness (QED) is 0.785. The summed E-state index contributed by atoms with van der Waals surface area (Å²) in [6.07, 6.45) is 6.45. The van der Waals surface area contributed by atoms with Crippen LogP contribution in [0.3, 0.4) is 0 Å². The van der Waals surface area contributed by atoms with Crippen molar-refractivity contribution >= 4 is 17.7 Å². The van der Waals surface area contributed by atoms with Gasteiger partial charge in [-0.25, -0.2) is 0 Å². The van der Waals surface area contributed by atoms with Gasteiger partial charge < -0.3 is 10.2 Å². The molecule has 2 rings (SSSR count). The lowest BCUT2D eigenvalue weighted by Gasteiger charge is -2.24. The van der Waals surface area contributed by atoms with Gasteiger partial charge in [0.05, 0.1) is 0 Å². The van der Waals surface area contributed by atoms with E-state index in [0.717, 1.165) is 25.3 Å². The molecule has 0 saturated carbocycles. The van der Waals surface area contributed by atoms with Gasteiger partial charge in [0.15, 0.2) is 0 Å². The molecule has 0 aromatic carbocycles. The van der Waals surface area contributed by atoms with Gasteiger partial charge >= 0.3 is 0 Å². The van der Waals surface area contributed by atoms with Crippen LogP contribution in [0.5, 0.6) is 0 Å². The Balaban J connectivity index is 1.84. The second-order valence-corrected chi connectivity index (χ2v) is 5.49. The number of rotatable bonds is 3. The molecule has 2 aliphatic rings. The summed E-state index contributed by atoms with van der Waals surface area (Å²) in [6.45, 7) is 1.89. The molecule has 1 N–H and O–H groups in total. The monoisotopic (exact) mass is 228 g/mol. The van der Waals surface area contributed by atoms with Crippen LogP contribution in [-0.2, 0) is 4.79 Å². The van der Waals surface area contributed by atoms with Gasteiger partial charge in [-0.05, 0) is 25.5 Å². The third-order valence-electron chi connectivity index (χ3n) is 3.40. The summed E-state index contributed by atoms with van der Waals surface area (Å²) in [6, 6.07) is 1.24. The van der Waals surface area contributed by atoms with Crippen LogP contribution in [0, 0.1) is 0 Å². The van der Waals surface area contributed by atoms with Gasteiger partial charge in [-0.1, -0.05) is 0 Å². The van der Waals surface area contributed by atoms with E-state index in [4.69, 9.17) is 0 Å². The molecule has 4 heteroatoms. The van der Waals surface area contributed by atoms with Crippen molar-refractivity contribution in [2.75, 3.05) is 25.1 Å². The van der Waals surface area contributed by atoms with Crippen LogP contribution in [0.15, 0.2) is 0 Å². The fourth-order valence-corrected chi connectivity index (χ4v) is 2.90. The van der Waals surface area contributed by atoms with Crippen LogP contribution in [0.1, 0.15) is 25.7 Å². The predicted octanol–water partition coefficient (Wildman–Crippen LogP) is 1.09. The number of carbonyl (C=O) groups excluding carboxylic acids is 1. The van der Waals surface area contributed by atoms with Crippen molar-refractivity contribution in [1.82, 2.24) is 10.2 Å². The molecular formula is C11H20N2OS. The second kappa shape index (κ2) is 5.21. The zero-order valence-corrected chi connectivity index (χ0v) is 10.2. The van der Waals surface area contributed by atoms with Crippen LogP contribution < -0.4 is 5.32 Å². The van der Waals surface area contributed by atoms with Gasteiger partial charge in [-0.2, -0.15) is 11.8 Å². The molecule has 2 saturated heterocycles. The molecule has 2 bridgehead atoms. The highest BCUT2D eigenvalue weighted by Crippen LogP contribution is 2.20. The molecule has 2 fully saturated rings. The Hall–Kier alpha value is -0.220. The zero-order valence-electron chi connectivity index (χ0n) is 9.37. The lowest BCUT2D eigenvalue weighted by atomic mass is 10.1. The van der Waals surface area contributed by atoms with E-state index in [9.17, 15) is 4.79 Å². The third-order valence-corrected chi connectivity index (χ3v) is 4.01. The van der Waals surface area contributed by atoms with Crippen LogP contribution >= 0.6 is 11.8 Å². The number of hydrogen-bond acceptors (Lipinski definition) is 3. The average molecular weight is 228 g/mol. The van der Waals surface area contributed by atoms with E-state index in [1.807, 2.05) is 0 Å². The second-order valence-electron chi connectivity index (χ2n) is 4.51. The molecule has 2 atom stereocenters. The fraction of sp³-hybridized carbons (Fsp3) is 0.909. The highest BCUT2D eigenvalue weighted by atomic mass is 32.2. The Bertz CT molecular complexity index is 235. The standard InChI is InChI=1S/C11H20N2OS/c1-15-7-5-11(14)13-6-4-9-2-3-10(8-13)12-9/h9-10,12H,2-8H2,1H3. The van der Waals surface area contributed by atoms with Crippen LogP contribution in [0.4, 0.5) is 0 Å². The lowest BCUT2D eigenvalue weighted by molar-refractivity contribution is -0.130. The molecule has 15 heavy (non-hydrogen) atoms. The number of thioether (sulfide) groups is 1. The first kappa shape index (κ1) is 11.3. The van der Waals surface area contributed by atoms with Gasteiger partial charge in [-0.15, -0.1) is 0 Å². The third kappa shape index (κ3) is 2.88. The van der Waals surface area contributed by atoms with E-state index in [0.29, 0.717) is 24.4 Å². The van der Waals surface area contributed by atoms with E-state index in [1.165, 1.54) is 12.8 Å². The SMILES string of the molecule is CSCCC(=O)N1CCC2CCC(C1)N2. The van der Waals surface area contributed by atoms with Crippen LogP contribution in [0.2, 0.25) is 0 Å². The molecule has 86 valence electrons. The van der Waals surface area contributed by atoms with Crippen molar-refractivity contribution in [2.45, 2.75) is 37.8 Å². The van der Waals surface area contributed by atoms with Crippen molar-refractivity contribution in [3.8, 4) is 0 Å². The zero-order chi connectivity index (χ0) is 10.7. The number of amides is 1. The summed E-state index contributed by atoms with van der Waals surface area (Å²) in [7, 11) is 0. The van der Waals surface area contributed by atoms with E-state index < -0.39 is 0 Å². The number of carbonyl (C=O) groups is 1. The number of nitrogens with one attached hydrogen (secondary N) is 1. The topological polar surface area (TPSA) is 32.3 Å². The Labute approximate surface area is 96.0 Å². The molecule has 0 aliphatic carbocycles. The predicted molar refractivity (Wildman–Crippen MR) is 64.1 cm³/mol. The maximum absolute atomic E-state index is 11.9. The molecule has 3 nitrogen and oxygen atoms in total. The van der Waals surface area contributed by atoms with Gasteiger partial charge in [-0.3, -0.25) is 4.79 Å². The molecule has 0 aromatic rings. The Morgan fingerprint density at radius 1 is 1.40 bits per heavy atom. The number of hydrogen-bond donors (Lipinski definition) is 1. The number of nitrogens with zero attached hydrogens (tertiary/aromatic N) is 1. The van der Waals surface area contributed by atoms with Crippen molar-refractivity contribution in [3.05, 3.63) is 0 Å². The molecule has 2 heterocycles. The van der Waals surface area contributed by atoms with E-state index in [2.05, 4.69) is 16.5 Å². The average Bonchev–Trinajstić information content (AvgIpc) is 2.55. The minimum atomic E-state index is 0.346. The first-order valence-corrected chi connectivity index (χ1v) is 7.21. The molecule has 0 radical (unpaired) electrons. The highest BCUT2D eigenvalue weighted by molar-refractivity contribution is 7.98. The molecular weight excluding hydrogens is 208 g/mol. The van der Waals surface area contributed by atoms with Gasteiger partial charge in [0.1, 0.15) is 0 Å². The first-order valence-electron chi connectivity index (χ1n) is 5.82. The van der Waals surface area contributed by atoms with Crippen molar-refractivity contribution in [3.63, 3.8) is 0 Å². The Morgan fingerprint density at radius 2 is 2.20 bits per heavy atom. The van der Waals surface area contributed by atoms with E-state index >= 15 is 0 Å².